The van der Waals surface area contributed by atoms with Gasteiger partial charge in [0, 0.05) is 12.6 Å². The summed E-state index contributed by atoms with van der Waals surface area (Å²) < 4.78 is 5.74. The van der Waals surface area contributed by atoms with Crippen LogP contribution in [0, 0.1) is 17.8 Å². The molecule has 0 aromatic rings. The number of hydrogen-bond donors (Lipinski definition) is 1. The molecule has 2 aliphatic rings. The highest BCUT2D eigenvalue weighted by molar-refractivity contribution is 4.87. The summed E-state index contributed by atoms with van der Waals surface area (Å²) in [6.45, 7) is 7.78. The maximum absolute atomic E-state index is 5.74. The van der Waals surface area contributed by atoms with E-state index in [0.717, 1.165) is 37.0 Å². The Kier molecular flexibility index (Phi) is 6.66. The highest BCUT2D eigenvalue weighted by atomic mass is 16.5. The van der Waals surface area contributed by atoms with Crippen LogP contribution in [-0.4, -0.2) is 25.8 Å². The van der Waals surface area contributed by atoms with E-state index in [2.05, 4.69) is 19.2 Å². The molecule has 0 aromatic heterocycles. The predicted molar refractivity (Wildman–Crippen MR) is 81.4 cm³/mol. The largest absolute Gasteiger partial charge is 0.381 e. The van der Waals surface area contributed by atoms with Crippen molar-refractivity contribution in [2.75, 3.05) is 19.8 Å². The predicted octanol–water partition coefficient (Wildman–Crippen LogP) is 4.00. The Bertz CT molecular complexity index is 229. The Balaban J connectivity index is 1.88. The lowest BCUT2D eigenvalue weighted by atomic mass is 9.73. The average Bonchev–Trinajstić information content (AvgIpc) is 2.49. The van der Waals surface area contributed by atoms with E-state index in [4.69, 9.17) is 4.74 Å². The van der Waals surface area contributed by atoms with E-state index in [1.165, 1.54) is 57.9 Å². The van der Waals surface area contributed by atoms with Gasteiger partial charge in [0.25, 0.3) is 0 Å². The molecular formula is C17H33NO. The van der Waals surface area contributed by atoms with Gasteiger partial charge >= 0.3 is 0 Å². The van der Waals surface area contributed by atoms with Gasteiger partial charge in [-0.25, -0.2) is 0 Å². The quantitative estimate of drug-likeness (QED) is 0.785. The molecule has 0 amide bonds. The third-order valence-corrected chi connectivity index (χ3v) is 5.31. The smallest absolute Gasteiger partial charge is 0.0509 e. The standard InChI is InChI=1S/C17H33NO/c1-3-11-18-17(16-6-5-12-19-13-16)15-9-7-14(4-2)8-10-15/h14-18H,3-13H2,1-2H3. The molecule has 1 N–H and O–H groups in total. The molecule has 0 radical (unpaired) electrons. The second kappa shape index (κ2) is 8.26. The Morgan fingerprint density at radius 2 is 1.84 bits per heavy atom. The van der Waals surface area contributed by atoms with Gasteiger partial charge in [0.1, 0.15) is 0 Å². The first-order chi connectivity index (χ1) is 9.35. The van der Waals surface area contributed by atoms with Crippen LogP contribution in [0.1, 0.15) is 65.2 Å². The Morgan fingerprint density at radius 3 is 2.42 bits per heavy atom. The van der Waals surface area contributed by atoms with E-state index in [-0.39, 0.29) is 0 Å². The van der Waals surface area contributed by atoms with E-state index in [9.17, 15) is 0 Å². The monoisotopic (exact) mass is 267 g/mol. The number of hydrogen-bond acceptors (Lipinski definition) is 2. The molecule has 1 saturated heterocycles. The molecule has 1 aliphatic heterocycles. The highest BCUT2D eigenvalue weighted by Gasteiger charge is 2.32. The third kappa shape index (κ3) is 4.46. The number of ether oxygens (including phenoxy) is 1. The van der Waals surface area contributed by atoms with Crippen molar-refractivity contribution >= 4 is 0 Å². The van der Waals surface area contributed by atoms with Gasteiger partial charge in [0.2, 0.25) is 0 Å². The van der Waals surface area contributed by atoms with E-state index in [0.29, 0.717) is 0 Å². The van der Waals surface area contributed by atoms with Crippen LogP contribution in [0.25, 0.3) is 0 Å². The molecule has 19 heavy (non-hydrogen) atoms. The lowest BCUT2D eigenvalue weighted by Gasteiger charge is -2.39. The van der Waals surface area contributed by atoms with Crippen molar-refractivity contribution < 1.29 is 4.74 Å². The molecule has 1 heterocycles. The number of nitrogens with one attached hydrogen (secondary N) is 1. The summed E-state index contributed by atoms with van der Waals surface area (Å²) >= 11 is 0. The van der Waals surface area contributed by atoms with Gasteiger partial charge < -0.3 is 10.1 Å². The van der Waals surface area contributed by atoms with Gasteiger partial charge in [0.05, 0.1) is 6.61 Å². The van der Waals surface area contributed by atoms with Crippen molar-refractivity contribution in [3.05, 3.63) is 0 Å². The van der Waals surface area contributed by atoms with Crippen molar-refractivity contribution in [2.45, 2.75) is 71.3 Å². The van der Waals surface area contributed by atoms with E-state index < -0.39 is 0 Å². The molecule has 2 nitrogen and oxygen atoms in total. The second-order valence-electron chi connectivity index (χ2n) is 6.65. The second-order valence-corrected chi connectivity index (χ2v) is 6.65. The van der Waals surface area contributed by atoms with Gasteiger partial charge in [-0.3, -0.25) is 0 Å². The normalized spacial score (nSPS) is 34.1. The molecule has 2 fully saturated rings. The van der Waals surface area contributed by atoms with Crippen LogP contribution in [0.4, 0.5) is 0 Å². The van der Waals surface area contributed by atoms with Crippen molar-refractivity contribution in [1.82, 2.24) is 5.32 Å². The fourth-order valence-corrected chi connectivity index (χ4v) is 4.03. The third-order valence-electron chi connectivity index (χ3n) is 5.31. The summed E-state index contributed by atoms with van der Waals surface area (Å²) in [5.41, 5.74) is 0. The van der Waals surface area contributed by atoms with Crippen LogP contribution in [0.15, 0.2) is 0 Å². The van der Waals surface area contributed by atoms with Gasteiger partial charge in [-0.15, -0.1) is 0 Å². The molecule has 0 aromatic carbocycles. The summed E-state index contributed by atoms with van der Waals surface area (Å²) in [7, 11) is 0. The molecule has 2 atom stereocenters. The summed E-state index contributed by atoms with van der Waals surface area (Å²) in [4.78, 5) is 0. The zero-order chi connectivity index (χ0) is 13.5. The van der Waals surface area contributed by atoms with Crippen LogP contribution < -0.4 is 5.32 Å². The lowest BCUT2D eigenvalue weighted by molar-refractivity contribution is 0.0224. The Morgan fingerprint density at radius 1 is 1.05 bits per heavy atom. The van der Waals surface area contributed by atoms with E-state index >= 15 is 0 Å². The average molecular weight is 267 g/mol. The summed E-state index contributed by atoms with van der Waals surface area (Å²) in [6.07, 6.45) is 11.1. The molecule has 112 valence electrons. The van der Waals surface area contributed by atoms with Crippen molar-refractivity contribution in [3.8, 4) is 0 Å². The maximum atomic E-state index is 5.74. The topological polar surface area (TPSA) is 21.3 Å². The van der Waals surface area contributed by atoms with Crippen LogP contribution in [0.5, 0.6) is 0 Å². The molecule has 0 spiro atoms. The van der Waals surface area contributed by atoms with Crippen LogP contribution in [0.3, 0.4) is 0 Å². The first kappa shape index (κ1) is 15.3. The fraction of sp³-hybridized carbons (Fsp3) is 1.00. The van der Waals surface area contributed by atoms with Crippen molar-refractivity contribution in [2.24, 2.45) is 17.8 Å². The zero-order valence-electron chi connectivity index (χ0n) is 13.0. The molecule has 2 heteroatoms. The zero-order valence-corrected chi connectivity index (χ0v) is 13.0. The Hall–Kier alpha value is -0.0800. The molecule has 2 unspecified atom stereocenters. The van der Waals surface area contributed by atoms with Crippen molar-refractivity contribution in [3.63, 3.8) is 0 Å². The molecule has 0 bridgehead atoms. The van der Waals surface area contributed by atoms with Gasteiger partial charge in [-0.05, 0) is 56.4 Å². The molecule has 2 rings (SSSR count). The maximum Gasteiger partial charge on any atom is 0.0509 e. The van der Waals surface area contributed by atoms with E-state index in [1.54, 1.807) is 0 Å². The van der Waals surface area contributed by atoms with Crippen LogP contribution in [0.2, 0.25) is 0 Å². The summed E-state index contributed by atoms with van der Waals surface area (Å²) in [5.74, 6) is 2.68. The molecule has 1 aliphatic carbocycles. The SMILES string of the molecule is CCCNC(C1CCC(CC)CC1)C1CCCOC1. The minimum Gasteiger partial charge on any atom is -0.381 e. The van der Waals surface area contributed by atoms with E-state index in [1.807, 2.05) is 0 Å². The Labute approximate surface area is 119 Å². The van der Waals surface area contributed by atoms with Crippen molar-refractivity contribution in [1.29, 1.82) is 0 Å². The minimum absolute atomic E-state index is 0.720. The minimum atomic E-state index is 0.720. The highest BCUT2D eigenvalue weighted by Crippen LogP contribution is 2.36. The first-order valence-corrected chi connectivity index (χ1v) is 8.66. The summed E-state index contributed by atoms with van der Waals surface area (Å²) in [6, 6.07) is 0.720. The molecular weight excluding hydrogens is 234 g/mol. The van der Waals surface area contributed by atoms with Gasteiger partial charge in [0.15, 0.2) is 0 Å². The van der Waals surface area contributed by atoms with Crippen LogP contribution in [-0.2, 0) is 4.74 Å². The van der Waals surface area contributed by atoms with Gasteiger partial charge in [-0.2, -0.15) is 0 Å². The van der Waals surface area contributed by atoms with Crippen LogP contribution >= 0.6 is 0 Å². The lowest BCUT2D eigenvalue weighted by Crippen LogP contribution is -2.46. The number of rotatable bonds is 6. The molecule has 1 saturated carbocycles. The summed E-state index contributed by atoms with van der Waals surface area (Å²) in [5, 5.41) is 3.86. The van der Waals surface area contributed by atoms with Gasteiger partial charge in [-0.1, -0.05) is 33.1 Å². The fourth-order valence-electron chi connectivity index (χ4n) is 4.03. The first-order valence-electron chi connectivity index (χ1n) is 8.66.